The lowest BCUT2D eigenvalue weighted by Crippen LogP contribution is -1.92. The molecule has 0 bridgehead atoms. The highest BCUT2D eigenvalue weighted by atomic mass is 16.5. The number of hydrogen-bond acceptors (Lipinski definition) is 3. The van der Waals surface area contributed by atoms with Crippen LogP contribution < -0.4 is 4.74 Å². The predicted molar refractivity (Wildman–Crippen MR) is 51.4 cm³/mol. The first kappa shape index (κ1) is 9.58. The molecule has 13 heavy (non-hydrogen) atoms. The van der Waals surface area contributed by atoms with E-state index in [2.05, 4.69) is 11.6 Å². The minimum absolute atomic E-state index is 0.607. The topological polar surface area (TPSA) is 31.4 Å². The molecule has 0 N–H and O–H groups in total. The molecule has 0 aromatic carbocycles. The first-order valence-corrected chi connectivity index (χ1v) is 4.09. The van der Waals surface area contributed by atoms with Gasteiger partial charge in [-0.05, 0) is 13.0 Å². The van der Waals surface area contributed by atoms with E-state index in [4.69, 9.17) is 9.47 Å². The molecule has 1 aromatic heterocycles. The maximum atomic E-state index is 5.24. The van der Waals surface area contributed by atoms with Crippen molar-refractivity contribution < 1.29 is 9.47 Å². The minimum atomic E-state index is 0.607. The Morgan fingerprint density at radius 3 is 2.92 bits per heavy atom. The quantitative estimate of drug-likeness (QED) is 0.663. The number of rotatable bonds is 4. The fraction of sp³-hybridized carbons (Fsp3) is 0.300. The molecule has 0 spiro atoms. The number of ether oxygens (including phenoxy) is 2. The fourth-order valence-electron chi connectivity index (χ4n) is 0.941. The van der Waals surface area contributed by atoms with Gasteiger partial charge in [0.05, 0.1) is 19.9 Å². The van der Waals surface area contributed by atoms with Gasteiger partial charge in [0.25, 0.3) is 0 Å². The highest BCUT2D eigenvalue weighted by molar-refractivity contribution is 5.57. The average molecular weight is 179 g/mol. The van der Waals surface area contributed by atoms with Crippen molar-refractivity contribution in [3.63, 3.8) is 0 Å². The van der Waals surface area contributed by atoms with Crippen molar-refractivity contribution in [1.82, 2.24) is 4.98 Å². The summed E-state index contributed by atoms with van der Waals surface area (Å²) in [5, 5.41) is 0. The van der Waals surface area contributed by atoms with Gasteiger partial charge in [-0.3, -0.25) is 4.98 Å². The second-order valence-electron chi connectivity index (χ2n) is 2.47. The Kier molecular flexibility index (Phi) is 3.31. The first-order valence-electron chi connectivity index (χ1n) is 4.09. The Labute approximate surface area is 78.0 Å². The van der Waals surface area contributed by atoms with Gasteiger partial charge in [-0.1, -0.05) is 6.58 Å². The maximum Gasteiger partial charge on any atom is 0.137 e. The molecule has 3 nitrogen and oxygen atoms in total. The van der Waals surface area contributed by atoms with Gasteiger partial charge in [-0.2, -0.15) is 0 Å². The minimum Gasteiger partial charge on any atom is -0.495 e. The Bertz CT molecular complexity index is 297. The largest absolute Gasteiger partial charge is 0.495 e. The molecule has 0 atom stereocenters. The Hall–Kier alpha value is -1.51. The van der Waals surface area contributed by atoms with Crippen molar-refractivity contribution in [3.05, 3.63) is 30.6 Å². The summed E-state index contributed by atoms with van der Waals surface area (Å²) in [6.45, 7) is 6.29. The number of methoxy groups -OCH3 is 1. The standard InChI is InChI=1S/C10H13NO2/c1-4-13-8(2)9-5-10(12-3)7-11-6-9/h5-7H,2,4H2,1,3H3. The smallest absolute Gasteiger partial charge is 0.137 e. The van der Waals surface area contributed by atoms with Crippen LogP contribution in [0.1, 0.15) is 12.5 Å². The van der Waals surface area contributed by atoms with Crippen LogP contribution in [0, 0.1) is 0 Å². The Balaban J connectivity index is 2.82. The van der Waals surface area contributed by atoms with Crippen molar-refractivity contribution in [3.8, 4) is 5.75 Å². The van der Waals surface area contributed by atoms with E-state index in [1.165, 1.54) is 0 Å². The zero-order valence-corrected chi connectivity index (χ0v) is 7.91. The van der Waals surface area contributed by atoms with Crippen molar-refractivity contribution >= 4 is 5.76 Å². The Morgan fingerprint density at radius 2 is 2.31 bits per heavy atom. The molecule has 0 aliphatic heterocycles. The summed E-state index contributed by atoms with van der Waals surface area (Å²) in [4.78, 5) is 3.99. The van der Waals surface area contributed by atoms with E-state index in [0.29, 0.717) is 18.1 Å². The van der Waals surface area contributed by atoms with Crippen molar-refractivity contribution in [2.24, 2.45) is 0 Å². The molecule has 1 heterocycles. The van der Waals surface area contributed by atoms with Gasteiger partial charge in [0.1, 0.15) is 11.5 Å². The van der Waals surface area contributed by atoms with Crippen molar-refractivity contribution in [2.75, 3.05) is 13.7 Å². The first-order chi connectivity index (χ1) is 6.27. The molecule has 3 heteroatoms. The summed E-state index contributed by atoms with van der Waals surface area (Å²) >= 11 is 0. The summed E-state index contributed by atoms with van der Waals surface area (Å²) in [7, 11) is 1.60. The second kappa shape index (κ2) is 4.50. The summed E-state index contributed by atoms with van der Waals surface area (Å²) in [6, 6.07) is 1.84. The lowest BCUT2D eigenvalue weighted by molar-refractivity contribution is 0.298. The Morgan fingerprint density at radius 1 is 1.54 bits per heavy atom. The van der Waals surface area contributed by atoms with E-state index in [-0.39, 0.29) is 0 Å². The van der Waals surface area contributed by atoms with Gasteiger partial charge in [0.2, 0.25) is 0 Å². The lowest BCUT2D eigenvalue weighted by atomic mass is 10.2. The molecule has 0 amide bonds. The van der Waals surface area contributed by atoms with Crippen molar-refractivity contribution in [2.45, 2.75) is 6.92 Å². The van der Waals surface area contributed by atoms with Crippen LogP contribution in [0.3, 0.4) is 0 Å². The van der Waals surface area contributed by atoms with Crippen LogP contribution in [0.5, 0.6) is 5.75 Å². The van der Waals surface area contributed by atoms with Gasteiger partial charge in [0, 0.05) is 11.8 Å². The molecule has 0 aliphatic rings. The molecular weight excluding hydrogens is 166 g/mol. The molecule has 1 rings (SSSR count). The summed E-state index contributed by atoms with van der Waals surface area (Å²) in [5.74, 6) is 1.33. The van der Waals surface area contributed by atoms with E-state index in [1.54, 1.807) is 19.5 Å². The predicted octanol–water partition coefficient (Wildman–Crippen LogP) is 2.10. The molecule has 0 fully saturated rings. The van der Waals surface area contributed by atoms with Crippen LogP contribution in [-0.4, -0.2) is 18.7 Å². The van der Waals surface area contributed by atoms with E-state index in [1.807, 2.05) is 13.0 Å². The van der Waals surface area contributed by atoms with Gasteiger partial charge in [-0.25, -0.2) is 0 Å². The average Bonchev–Trinajstić information content (AvgIpc) is 2.18. The summed E-state index contributed by atoms with van der Waals surface area (Å²) in [6.07, 6.45) is 3.34. The fourth-order valence-corrected chi connectivity index (χ4v) is 0.941. The van der Waals surface area contributed by atoms with Crippen LogP contribution in [0.4, 0.5) is 0 Å². The van der Waals surface area contributed by atoms with Gasteiger partial charge in [0.15, 0.2) is 0 Å². The van der Waals surface area contributed by atoms with Gasteiger partial charge in [-0.15, -0.1) is 0 Å². The third-order valence-electron chi connectivity index (χ3n) is 1.59. The summed E-state index contributed by atoms with van der Waals surface area (Å²) in [5.41, 5.74) is 0.848. The number of pyridine rings is 1. The second-order valence-corrected chi connectivity index (χ2v) is 2.47. The van der Waals surface area contributed by atoms with Gasteiger partial charge < -0.3 is 9.47 Å². The highest BCUT2D eigenvalue weighted by Crippen LogP contribution is 2.17. The van der Waals surface area contributed by atoms with E-state index >= 15 is 0 Å². The molecule has 0 saturated carbocycles. The zero-order valence-electron chi connectivity index (χ0n) is 7.91. The number of nitrogens with zero attached hydrogens (tertiary/aromatic N) is 1. The highest BCUT2D eigenvalue weighted by Gasteiger charge is 2.00. The third-order valence-corrected chi connectivity index (χ3v) is 1.59. The molecule has 0 unspecified atom stereocenters. The monoisotopic (exact) mass is 179 g/mol. The molecular formula is C10H13NO2. The molecule has 0 radical (unpaired) electrons. The summed E-state index contributed by atoms with van der Waals surface area (Å²) < 4.78 is 10.3. The lowest BCUT2D eigenvalue weighted by Gasteiger charge is -2.07. The van der Waals surface area contributed by atoms with E-state index in [0.717, 1.165) is 5.56 Å². The zero-order chi connectivity index (χ0) is 9.68. The maximum absolute atomic E-state index is 5.24. The SMILES string of the molecule is C=C(OCC)c1cncc(OC)c1. The van der Waals surface area contributed by atoms with Crippen LogP contribution in [0.25, 0.3) is 5.76 Å². The van der Waals surface area contributed by atoms with E-state index < -0.39 is 0 Å². The number of hydrogen-bond donors (Lipinski definition) is 0. The number of aromatic nitrogens is 1. The van der Waals surface area contributed by atoms with Crippen LogP contribution in [0.2, 0.25) is 0 Å². The normalized spacial score (nSPS) is 9.38. The van der Waals surface area contributed by atoms with Gasteiger partial charge >= 0.3 is 0 Å². The van der Waals surface area contributed by atoms with Crippen LogP contribution in [0.15, 0.2) is 25.0 Å². The van der Waals surface area contributed by atoms with E-state index in [9.17, 15) is 0 Å². The molecule has 0 aliphatic carbocycles. The molecule has 70 valence electrons. The third kappa shape index (κ3) is 2.47. The van der Waals surface area contributed by atoms with Crippen molar-refractivity contribution in [1.29, 1.82) is 0 Å². The molecule has 0 saturated heterocycles. The van der Waals surface area contributed by atoms with Crippen LogP contribution >= 0.6 is 0 Å². The molecule has 1 aromatic rings. The van der Waals surface area contributed by atoms with Crippen LogP contribution in [-0.2, 0) is 4.74 Å².